The predicted molar refractivity (Wildman–Crippen MR) is 91.6 cm³/mol. The van der Waals surface area contributed by atoms with Crippen molar-refractivity contribution in [1.82, 2.24) is 20.6 Å². The third-order valence-electron chi connectivity index (χ3n) is 5.00. The number of hydrazine groups is 1. The number of aromatic nitrogens is 2. The highest BCUT2D eigenvalue weighted by molar-refractivity contribution is 5.90. The van der Waals surface area contributed by atoms with Crippen LogP contribution in [0, 0.1) is 5.92 Å². The molecule has 0 amide bonds. The molecular formula is C18H22N4O3. The molecule has 2 N–H and O–H groups in total. The van der Waals surface area contributed by atoms with Gasteiger partial charge in [0, 0.05) is 18.5 Å². The first-order valence-corrected chi connectivity index (χ1v) is 8.64. The number of fused-ring (bicyclic) bond motifs is 1. The predicted octanol–water partition coefficient (Wildman–Crippen LogP) is 1.68. The van der Waals surface area contributed by atoms with Crippen molar-refractivity contribution in [2.24, 2.45) is 5.92 Å². The fourth-order valence-corrected chi connectivity index (χ4v) is 3.69. The van der Waals surface area contributed by atoms with Gasteiger partial charge >= 0.3 is 5.97 Å². The van der Waals surface area contributed by atoms with Crippen LogP contribution in [0.2, 0.25) is 0 Å². The molecule has 0 bridgehead atoms. The van der Waals surface area contributed by atoms with E-state index < -0.39 is 5.97 Å². The SMILES string of the molecule is COc1cn(-c2ccccc2)nc1C(=O)OC1CCCC2NNCC21. The Bertz CT molecular complexity index is 746. The summed E-state index contributed by atoms with van der Waals surface area (Å²) in [7, 11) is 1.53. The standard InChI is InChI=1S/C18H22N4O3/c1-24-16-11-22(12-6-3-2-4-7-12)21-17(16)18(23)25-15-9-5-8-14-13(15)10-19-20-14/h2-4,6-7,11,13-15,19-20H,5,8-10H2,1H3. The van der Waals surface area contributed by atoms with E-state index in [4.69, 9.17) is 9.47 Å². The van der Waals surface area contributed by atoms with Crippen molar-refractivity contribution in [2.45, 2.75) is 31.4 Å². The van der Waals surface area contributed by atoms with Crippen LogP contribution in [0.3, 0.4) is 0 Å². The van der Waals surface area contributed by atoms with E-state index in [0.717, 1.165) is 31.5 Å². The monoisotopic (exact) mass is 342 g/mol. The molecule has 0 radical (unpaired) electrons. The van der Waals surface area contributed by atoms with Gasteiger partial charge in [-0.15, -0.1) is 0 Å². The van der Waals surface area contributed by atoms with Gasteiger partial charge in [-0.2, -0.15) is 5.10 Å². The number of nitrogens with one attached hydrogen (secondary N) is 2. The first-order valence-electron chi connectivity index (χ1n) is 8.64. The van der Waals surface area contributed by atoms with E-state index >= 15 is 0 Å². The van der Waals surface area contributed by atoms with Crippen molar-refractivity contribution < 1.29 is 14.3 Å². The zero-order valence-corrected chi connectivity index (χ0v) is 14.1. The van der Waals surface area contributed by atoms with E-state index in [1.165, 1.54) is 7.11 Å². The quantitative estimate of drug-likeness (QED) is 0.824. The molecule has 0 spiro atoms. The van der Waals surface area contributed by atoms with E-state index in [9.17, 15) is 4.79 Å². The highest BCUT2D eigenvalue weighted by Crippen LogP contribution is 2.30. The summed E-state index contributed by atoms with van der Waals surface area (Å²) in [5, 5.41) is 4.39. The molecule has 132 valence electrons. The molecule has 3 atom stereocenters. The second kappa shape index (κ2) is 6.85. The lowest BCUT2D eigenvalue weighted by molar-refractivity contribution is 0.00130. The topological polar surface area (TPSA) is 77.4 Å². The van der Waals surface area contributed by atoms with Crippen LogP contribution >= 0.6 is 0 Å². The first kappa shape index (κ1) is 16.1. The number of hydrogen-bond acceptors (Lipinski definition) is 6. The van der Waals surface area contributed by atoms with Gasteiger partial charge in [0.1, 0.15) is 6.10 Å². The lowest BCUT2D eigenvalue weighted by atomic mass is 9.83. The minimum absolute atomic E-state index is 0.0969. The Balaban J connectivity index is 1.54. The lowest BCUT2D eigenvalue weighted by Gasteiger charge is -2.31. The van der Waals surface area contributed by atoms with E-state index in [1.807, 2.05) is 30.3 Å². The van der Waals surface area contributed by atoms with Gasteiger partial charge < -0.3 is 9.47 Å². The van der Waals surface area contributed by atoms with Crippen LogP contribution in [0.1, 0.15) is 29.8 Å². The van der Waals surface area contributed by atoms with Crippen LogP contribution in [-0.2, 0) is 4.74 Å². The van der Waals surface area contributed by atoms with Gasteiger partial charge in [-0.25, -0.2) is 9.48 Å². The Morgan fingerprint density at radius 1 is 1.28 bits per heavy atom. The Morgan fingerprint density at radius 2 is 2.12 bits per heavy atom. The summed E-state index contributed by atoms with van der Waals surface area (Å²) < 4.78 is 12.8. The van der Waals surface area contributed by atoms with Crippen LogP contribution in [0.4, 0.5) is 0 Å². The molecule has 25 heavy (non-hydrogen) atoms. The first-order chi connectivity index (χ1) is 12.3. The van der Waals surface area contributed by atoms with Gasteiger partial charge in [-0.05, 0) is 31.4 Å². The van der Waals surface area contributed by atoms with Gasteiger partial charge in [-0.1, -0.05) is 18.2 Å². The molecule has 2 aliphatic rings. The smallest absolute Gasteiger partial charge is 0.363 e. The molecule has 3 unspecified atom stereocenters. The van der Waals surface area contributed by atoms with Gasteiger partial charge in [-0.3, -0.25) is 10.9 Å². The molecule has 1 aromatic carbocycles. The highest BCUT2D eigenvalue weighted by Gasteiger charge is 2.39. The van der Waals surface area contributed by atoms with Crippen molar-refractivity contribution in [3.05, 3.63) is 42.2 Å². The molecule has 1 aliphatic heterocycles. The number of benzene rings is 1. The van der Waals surface area contributed by atoms with E-state index in [1.54, 1.807) is 10.9 Å². The summed E-state index contributed by atoms with van der Waals surface area (Å²) in [6.07, 6.45) is 4.65. The van der Waals surface area contributed by atoms with Crippen molar-refractivity contribution in [3.63, 3.8) is 0 Å². The van der Waals surface area contributed by atoms with E-state index in [2.05, 4.69) is 16.0 Å². The Kier molecular flexibility index (Phi) is 4.42. The summed E-state index contributed by atoms with van der Waals surface area (Å²) in [6, 6.07) is 9.98. The molecule has 1 saturated carbocycles. The molecule has 1 aromatic heterocycles. The lowest BCUT2D eigenvalue weighted by Crippen LogP contribution is -2.41. The molecule has 7 heteroatoms. The highest BCUT2D eigenvalue weighted by atomic mass is 16.5. The van der Waals surface area contributed by atoms with Gasteiger partial charge in [0.25, 0.3) is 0 Å². The summed E-state index contributed by atoms with van der Waals surface area (Å²) in [6.45, 7) is 0.818. The zero-order chi connectivity index (χ0) is 17.2. The molecule has 1 aliphatic carbocycles. The summed E-state index contributed by atoms with van der Waals surface area (Å²) in [5.41, 5.74) is 7.51. The molecule has 7 nitrogen and oxygen atoms in total. The average Bonchev–Trinajstić information content (AvgIpc) is 3.30. The minimum atomic E-state index is -0.427. The van der Waals surface area contributed by atoms with Crippen LogP contribution in [0.15, 0.2) is 36.5 Å². The summed E-state index contributed by atoms with van der Waals surface area (Å²) >= 11 is 0. The van der Waals surface area contributed by atoms with Gasteiger partial charge in [0.15, 0.2) is 5.75 Å². The molecule has 2 aromatic rings. The third-order valence-corrected chi connectivity index (χ3v) is 5.00. The zero-order valence-electron chi connectivity index (χ0n) is 14.1. The minimum Gasteiger partial charge on any atom is -0.493 e. The molecule has 4 rings (SSSR count). The summed E-state index contributed by atoms with van der Waals surface area (Å²) in [4.78, 5) is 12.7. The normalized spacial score (nSPS) is 25.4. The average molecular weight is 342 g/mol. The Hall–Kier alpha value is -2.38. The van der Waals surface area contributed by atoms with Crippen LogP contribution < -0.4 is 15.6 Å². The number of esters is 1. The number of carbonyl (C=O) groups is 1. The maximum Gasteiger partial charge on any atom is 0.363 e. The molecule has 1 saturated heterocycles. The van der Waals surface area contributed by atoms with Crippen molar-refractivity contribution in [2.75, 3.05) is 13.7 Å². The molecule has 2 fully saturated rings. The van der Waals surface area contributed by atoms with Gasteiger partial charge in [0.2, 0.25) is 5.69 Å². The number of para-hydroxylation sites is 1. The fraction of sp³-hybridized carbons (Fsp3) is 0.444. The molecular weight excluding hydrogens is 320 g/mol. The van der Waals surface area contributed by atoms with Crippen molar-refractivity contribution in [1.29, 1.82) is 0 Å². The van der Waals surface area contributed by atoms with Crippen LogP contribution in [0.25, 0.3) is 5.69 Å². The number of methoxy groups -OCH3 is 1. The van der Waals surface area contributed by atoms with Gasteiger partial charge in [0.05, 0.1) is 19.0 Å². The second-order valence-electron chi connectivity index (χ2n) is 6.50. The maximum atomic E-state index is 12.7. The number of hydrogen-bond donors (Lipinski definition) is 2. The molecule has 2 heterocycles. The number of rotatable bonds is 4. The van der Waals surface area contributed by atoms with Crippen LogP contribution in [0.5, 0.6) is 5.75 Å². The van der Waals surface area contributed by atoms with E-state index in [-0.39, 0.29) is 11.8 Å². The fourth-order valence-electron chi connectivity index (χ4n) is 3.69. The number of nitrogens with zero attached hydrogens (tertiary/aromatic N) is 2. The Labute approximate surface area is 146 Å². The second-order valence-corrected chi connectivity index (χ2v) is 6.50. The van der Waals surface area contributed by atoms with E-state index in [0.29, 0.717) is 17.7 Å². The number of ether oxygens (including phenoxy) is 2. The third kappa shape index (κ3) is 3.12. The Morgan fingerprint density at radius 3 is 2.92 bits per heavy atom. The maximum absolute atomic E-state index is 12.7. The van der Waals surface area contributed by atoms with Crippen LogP contribution in [-0.4, -0.2) is 41.6 Å². The van der Waals surface area contributed by atoms with Crippen molar-refractivity contribution in [3.8, 4) is 11.4 Å². The van der Waals surface area contributed by atoms with Crippen molar-refractivity contribution >= 4 is 5.97 Å². The summed E-state index contributed by atoms with van der Waals surface area (Å²) in [5.74, 6) is 0.299. The number of carbonyl (C=O) groups excluding carboxylic acids is 1. The largest absolute Gasteiger partial charge is 0.493 e.